The van der Waals surface area contributed by atoms with Gasteiger partial charge in [-0.25, -0.2) is 0 Å². The highest BCUT2D eigenvalue weighted by Gasteiger charge is 2.15. The van der Waals surface area contributed by atoms with Crippen LogP contribution < -0.4 is 5.32 Å². The van der Waals surface area contributed by atoms with Crippen molar-refractivity contribution in [2.75, 3.05) is 6.54 Å². The highest BCUT2D eigenvalue weighted by atomic mass is 15.3. The fourth-order valence-corrected chi connectivity index (χ4v) is 2.60. The molecule has 0 aliphatic rings. The average molecular weight is 286 g/mol. The molecule has 0 saturated heterocycles. The van der Waals surface area contributed by atoms with E-state index in [2.05, 4.69) is 54.5 Å². The van der Waals surface area contributed by atoms with Gasteiger partial charge < -0.3 is 5.32 Å². The molecule has 0 aliphatic carbocycles. The lowest BCUT2D eigenvalue weighted by molar-refractivity contribution is 0.524. The molecule has 0 aromatic carbocycles. The van der Waals surface area contributed by atoms with Gasteiger partial charge in [0.15, 0.2) is 0 Å². The molecule has 1 N–H and O–H groups in total. The van der Waals surface area contributed by atoms with Gasteiger partial charge in [-0.05, 0) is 57.4 Å². The minimum Gasteiger partial charge on any atom is -0.310 e. The summed E-state index contributed by atoms with van der Waals surface area (Å²) in [5.74, 6) is 0. The molecule has 0 aliphatic heterocycles. The maximum atomic E-state index is 4.60. The SMILES string of the molecule is CCCNC(Cc1cnn(CC)c1)c1ccc(C)nc1C. The first-order valence-electron chi connectivity index (χ1n) is 7.82. The number of nitrogens with one attached hydrogen (secondary N) is 1. The minimum absolute atomic E-state index is 0.299. The van der Waals surface area contributed by atoms with Gasteiger partial charge in [0.2, 0.25) is 0 Å². The van der Waals surface area contributed by atoms with E-state index in [4.69, 9.17) is 0 Å². The van der Waals surface area contributed by atoms with Crippen molar-refractivity contribution in [3.05, 3.63) is 47.0 Å². The van der Waals surface area contributed by atoms with E-state index in [-0.39, 0.29) is 0 Å². The monoisotopic (exact) mass is 286 g/mol. The van der Waals surface area contributed by atoms with E-state index in [0.29, 0.717) is 6.04 Å². The number of hydrogen-bond acceptors (Lipinski definition) is 3. The normalized spacial score (nSPS) is 12.6. The number of hydrogen-bond donors (Lipinski definition) is 1. The molecule has 0 spiro atoms. The fourth-order valence-electron chi connectivity index (χ4n) is 2.60. The summed E-state index contributed by atoms with van der Waals surface area (Å²) in [6.07, 6.45) is 6.19. The van der Waals surface area contributed by atoms with Gasteiger partial charge in [0, 0.05) is 30.2 Å². The molecular weight excluding hydrogens is 260 g/mol. The maximum Gasteiger partial charge on any atom is 0.0522 e. The van der Waals surface area contributed by atoms with Crippen LogP contribution in [0.1, 0.15) is 48.8 Å². The Morgan fingerprint density at radius 2 is 2.05 bits per heavy atom. The lowest BCUT2D eigenvalue weighted by atomic mass is 9.99. The molecular formula is C17H26N4. The molecule has 4 nitrogen and oxygen atoms in total. The van der Waals surface area contributed by atoms with Crippen LogP contribution in [0.15, 0.2) is 24.5 Å². The van der Waals surface area contributed by atoms with Crippen LogP contribution >= 0.6 is 0 Å². The predicted octanol–water partition coefficient (Wildman–Crippen LogP) is 3.20. The Kier molecular flexibility index (Phi) is 5.51. The number of aryl methyl sites for hydroxylation is 3. The first-order chi connectivity index (χ1) is 10.1. The van der Waals surface area contributed by atoms with E-state index in [1.54, 1.807) is 0 Å². The van der Waals surface area contributed by atoms with Crippen molar-refractivity contribution in [3.8, 4) is 0 Å². The van der Waals surface area contributed by atoms with Crippen molar-refractivity contribution >= 4 is 0 Å². The van der Waals surface area contributed by atoms with Crippen LogP contribution in [0.25, 0.3) is 0 Å². The largest absolute Gasteiger partial charge is 0.310 e. The maximum absolute atomic E-state index is 4.60. The number of rotatable bonds is 7. The number of nitrogens with zero attached hydrogens (tertiary/aromatic N) is 3. The Balaban J connectivity index is 2.20. The van der Waals surface area contributed by atoms with Crippen molar-refractivity contribution in [2.24, 2.45) is 0 Å². The third-order valence-electron chi connectivity index (χ3n) is 3.73. The highest BCUT2D eigenvalue weighted by molar-refractivity contribution is 5.27. The van der Waals surface area contributed by atoms with Gasteiger partial charge in [0.05, 0.1) is 6.20 Å². The second-order valence-corrected chi connectivity index (χ2v) is 5.54. The lowest BCUT2D eigenvalue weighted by Crippen LogP contribution is -2.25. The van der Waals surface area contributed by atoms with Crippen molar-refractivity contribution in [3.63, 3.8) is 0 Å². The summed E-state index contributed by atoms with van der Waals surface area (Å²) in [5, 5.41) is 8.02. The standard InChI is InChI=1S/C17H26N4/c1-5-9-18-17(10-15-11-19-21(6-2)12-15)16-8-7-13(3)20-14(16)4/h7-8,11-12,17-18H,5-6,9-10H2,1-4H3. The van der Waals surface area contributed by atoms with E-state index in [1.807, 2.05) is 17.8 Å². The van der Waals surface area contributed by atoms with E-state index < -0.39 is 0 Å². The van der Waals surface area contributed by atoms with Crippen LogP contribution in [0, 0.1) is 13.8 Å². The van der Waals surface area contributed by atoms with Gasteiger partial charge in [-0.1, -0.05) is 13.0 Å². The summed E-state index contributed by atoms with van der Waals surface area (Å²) >= 11 is 0. The Bertz CT molecular complexity index is 574. The zero-order chi connectivity index (χ0) is 15.2. The summed E-state index contributed by atoms with van der Waals surface area (Å²) in [4.78, 5) is 4.60. The zero-order valence-corrected chi connectivity index (χ0v) is 13.6. The molecule has 0 saturated carbocycles. The van der Waals surface area contributed by atoms with Gasteiger partial charge >= 0.3 is 0 Å². The summed E-state index contributed by atoms with van der Waals surface area (Å²) < 4.78 is 1.98. The van der Waals surface area contributed by atoms with Gasteiger partial charge in [-0.3, -0.25) is 9.67 Å². The second-order valence-electron chi connectivity index (χ2n) is 5.54. The predicted molar refractivity (Wildman–Crippen MR) is 86.4 cm³/mol. The molecule has 0 fully saturated rings. The molecule has 2 aromatic heterocycles. The lowest BCUT2D eigenvalue weighted by Gasteiger charge is -2.20. The highest BCUT2D eigenvalue weighted by Crippen LogP contribution is 2.21. The van der Waals surface area contributed by atoms with Crippen LogP contribution in [0.3, 0.4) is 0 Å². The third-order valence-corrected chi connectivity index (χ3v) is 3.73. The minimum atomic E-state index is 0.299. The third kappa shape index (κ3) is 4.14. The average Bonchev–Trinajstić information content (AvgIpc) is 2.91. The zero-order valence-electron chi connectivity index (χ0n) is 13.6. The molecule has 1 unspecified atom stereocenters. The van der Waals surface area contributed by atoms with E-state index in [9.17, 15) is 0 Å². The van der Waals surface area contributed by atoms with Crippen molar-refractivity contribution in [1.82, 2.24) is 20.1 Å². The van der Waals surface area contributed by atoms with E-state index >= 15 is 0 Å². The second kappa shape index (κ2) is 7.36. The molecule has 4 heteroatoms. The molecule has 0 amide bonds. The number of pyridine rings is 1. The molecule has 1 atom stereocenters. The topological polar surface area (TPSA) is 42.7 Å². The quantitative estimate of drug-likeness (QED) is 0.850. The van der Waals surface area contributed by atoms with Gasteiger partial charge in [-0.2, -0.15) is 5.10 Å². The smallest absolute Gasteiger partial charge is 0.0522 e. The van der Waals surface area contributed by atoms with Crippen molar-refractivity contribution in [1.29, 1.82) is 0 Å². The van der Waals surface area contributed by atoms with Crippen molar-refractivity contribution in [2.45, 2.75) is 53.1 Å². The summed E-state index contributed by atoms with van der Waals surface area (Å²) in [5.41, 5.74) is 4.75. The molecule has 21 heavy (non-hydrogen) atoms. The van der Waals surface area contributed by atoms with Crippen LogP contribution in [-0.4, -0.2) is 21.3 Å². The first kappa shape index (κ1) is 15.7. The van der Waals surface area contributed by atoms with Gasteiger partial charge in [0.1, 0.15) is 0 Å². The summed E-state index contributed by atoms with van der Waals surface area (Å²) in [6, 6.07) is 4.60. The Morgan fingerprint density at radius 3 is 2.67 bits per heavy atom. The van der Waals surface area contributed by atoms with E-state index in [0.717, 1.165) is 37.3 Å². The molecule has 2 heterocycles. The fraction of sp³-hybridized carbons (Fsp3) is 0.529. The molecule has 114 valence electrons. The van der Waals surface area contributed by atoms with Crippen LogP contribution in [0.4, 0.5) is 0 Å². The Hall–Kier alpha value is -1.68. The van der Waals surface area contributed by atoms with Crippen molar-refractivity contribution < 1.29 is 0 Å². The van der Waals surface area contributed by atoms with Crippen LogP contribution in [0.2, 0.25) is 0 Å². The molecule has 2 aromatic rings. The number of aromatic nitrogens is 3. The van der Waals surface area contributed by atoms with Gasteiger partial charge in [0.25, 0.3) is 0 Å². The first-order valence-corrected chi connectivity index (χ1v) is 7.82. The summed E-state index contributed by atoms with van der Waals surface area (Å²) in [6.45, 7) is 10.4. The summed E-state index contributed by atoms with van der Waals surface area (Å²) in [7, 11) is 0. The molecule has 0 radical (unpaired) electrons. The Labute approximate surface area is 127 Å². The van der Waals surface area contributed by atoms with Crippen LogP contribution in [0.5, 0.6) is 0 Å². The molecule has 0 bridgehead atoms. The molecule has 2 rings (SSSR count). The van der Waals surface area contributed by atoms with E-state index in [1.165, 1.54) is 11.1 Å². The van der Waals surface area contributed by atoms with Crippen LogP contribution in [-0.2, 0) is 13.0 Å². The van der Waals surface area contributed by atoms with Gasteiger partial charge in [-0.15, -0.1) is 0 Å². The Morgan fingerprint density at radius 1 is 1.24 bits per heavy atom.